The van der Waals surface area contributed by atoms with E-state index in [0.717, 1.165) is 51.3 Å². The molecule has 5 nitrogen and oxygen atoms in total. The van der Waals surface area contributed by atoms with Gasteiger partial charge in [-0.25, -0.2) is 4.98 Å². The van der Waals surface area contributed by atoms with Crippen LogP contribution in [0.3, 0.4) is 0 Å². The van der Waals surface area contributed by atoms with Crippen LogP contribution >= 0.6 is 0 Å². The molecule has 0 bridgehead atoms. The van der Waals surface area contributed by atoms with Crippen molar-refractivity contribution in [2.75, 3.05) is 32.7 Å². The fraction of sp³-hybridized carbons (Fsp3) is 0.565. The molecule has 1 aromatic heterocycles. The first-order valence-electron chi connectivity index (χ1n) is 10.7. The predicted molar refractivity (Wildman–Crippen MR) is 111 cm³/mol. The second-order valence-corrected chi connectivity index (χ2v) is 8.75. The lowest BCUT2D eigenvalue weighted by molar-refractivity contribution is -0.139. The summed E-state index contributed by atoms with van der Waals surface area (Å²) in [6.45, 7) is 7.50. The Morgan fingerprint density at radius 1 is 1.18 bits per heavy atom. The zero-order valence-electron chi connectivity index (χ0n) is 16.9. The SMILES string of the molecule is C[C@H](CN1CCC2(CCC(=O)N(CCc3cnc[nH]3)C2)CC1)c1ccccc1. The minimum atomic E-state index is 0.324. The van der Waals surface area contributed by atoms with Crippen LogP contribution in [-0.4, -0.2) is 58.4 Å². The standard InChI is InChI=1S/C23H32N4O/c1-19(20-5-3-2-4-6-20)16-26-13-10-23(11-14-26)9-7-22(28)27(17-23)12-8-21-15-24-18-25-21/h2-6,15,18-19H,7-14,16-17H2,1H3,(H,24,25)/t19-/m1/s1. The quantitative estimate of drug-likeness (QED) is 0.835. The summed E-state index contributed by atoms with van der Waals surface area (Å²) in [6.07, 6.45) is 8.63. The van der Waals surface area contributed by atoms with Gasteiger partial charge in [0, 0.05) is 44.4 Å². The second-order valence-electron chi connectivity index (χ2n) is 8.75. The maximum absolute atomic E-state index is 12.4. The largest absolute Gasteiger partial charge is 0.348 e. The molecule has 1 amide bonds. The number of hydrogen-bond acceptors (Lipinski definition) is 3. The Morgan fingerprint density at radius 2 is 1.96 bits per heavy atom. The van der Waals surface area contributed by atoms with Crippen LogP contribution in [0.5, 0.6) is 0 Å². The molecule has 5 heteroatoms. The van der Waals surface area contributed by atoms with Crippen molar-refractivity contribution in [3.8, 4) is 0 Å². The van der Waals surface area contributed by atoms with Crippen LogP contribution in [0.2, 0.25) is 0 Å². The lowest BCUT2D eigenvalue weighted by atomic mass is 9.72. The number of carbonyl (C=O) groups is 1. The zero-order chi connectivity index (χ0) is 19.4. The third kappa shape index (κ3) is 4.46. The van der Waals surface area contributed by atoms with Gasteiger partial charge in [0.2, 0.25) is 5.91 Å². The van der Waals surface area contributed by atoms with E-state index in [9.17, 15) is 4.79 Å². The average molecular weight is 381 g/mol. The van der Waals surface area contributed by atoms with Gasteiger partial charge in [-0.1, -0.05) is 37.3 Å². The third-order valence-corrected chi connectivity index (χ3v) is 6.77. The van der Waals surface area contributed by atoms with Crippen LogP contribution in [0, 0.1) is 5.41 Å². The molecular formula is C23H32N4O. The molecule has 2 aliphatic heterocycles. The maximum Gasteiger partial charge on any atom is 0.222 e. The van der Waals surface area contributed by atoms with Crippen LogP contribution in [0.1, 0.15) is 49.8 Å². The molecule has 1 spiro atoms. The molecule has 2 fully saturated rings. The number of imidazole rings is 1. The Bertz CT molecular complexity index is 750. The number of nitrogens with zero attached hydrogens (tertiary/aromatic N) is 3. The molecule has 2 aliphatic rings. The van der Waals surface area contributed by atoms with Crippen molar-refractivity contribution in [2.24, 2.45) is 5.41 Å². The minimum Gasteiger partial charge on any atom is -0.348 e. The van der Waals surface area contributed by atoms with Crippen LogP contribution in [-0.2, 0) is 11.2 Å². The lowest BCUT2D eigenvalue weighted by Crippen LogP contribution is -2.52. The summed E-state index contributed by atoms with van der Waals surface area (Å²) in [7, 11) is 0. The van der Waals surface area contributed by atoms with E-state index in [2.05, 4.69) is 57.0 Å². The van der Waals surface area contributed by atoms with Crippen molar-refractivity contribution >= 4 is 5.91 Å². The van der Waals surface area contributed by atoms with Gasteiger partial charge >= 0.3 is 0 Å². The van der Waals surface area contributed by atoms with Gasteiger partial charge in [-0.15, -0.1) is 0 Å². The summed E-state index contributed by atoms with van der Waals surface area (Å²) < 4.78 is 0. The second kappa shape index (κ2) is 8.48. The van der Waals surface area contributed by atoms with Gasteiger partial charge in [0.15, 0.2) is 0 Å². The van der Waals surface area contributed by atoms with Crippen LogP contribution in [0.4, 0.5) is 0 Å². The molecule has 28 heavy (non-hydrogen) atoms. The number of carbonyl (C=O) groups excluding carboxylic acids is 1. The summed E-state index contributed by atoms with van der Waals surface area (Å²) in [6, 6.07) is 10.8. The monoisotopic (exact) mass is 380 g/mol. The van der Waals surface area contributed by atoms with Gasteiger partial charge in [0.25, 0.3) is 0 Å². The third-order valence-electron chi connectivity index (χ3n) is 6.77. The highest BCUT2D eigenvalue weighted by molar-refractivity contribution is 5.77. The summed E-state index contributed by atoms with van der Waals surface area (Å²) in [5.41, 5.74) is 2.86. The molecule has 1 aromatic carbocycles. The number of piperidine rings is 2. The molecule has 2 saturated heterocycles. The van der Waals surface area contributed by atoms with Gasteiger partial charge in [-0.3, -0.25) is 4.79 Å². The first kappa shape index (κ1) is 19.2. The molecular weight excluding hydrogens is 348 g/mol. The van der Waals surface area contributed by atoms with Crippen molar-refractivity contribution in [1.29, 1.82) is 0 Å². The molecule has 0 unspecified atom stereocenters. The van der Waals surface area contributed by atoms with Crippen molar-refractivity contribution < 1.29 is 4.79 Å². The topological polar surface area (TPSA) is 52.2 Å². The summed E-state index contributed by atoms with van der Waals surface area (Å²) in [5.74, 6) is 0.888. The molecule has 1 N–H and O–H groups in total. The Labute approximate surface area is 168 Å². The van der Waals surface area contributed by atoms with Gasteiger partial charge in [0.05, 0.1) is 6.33 Å². The summed E-state index contributed by atoms with van der Waals surface area (Å²) in [5, 5.41) is 0. The number of aromatic amines is 1. The number of benzene rings is 1. The zero-order valence-corrected chi connectivity index (χ0v) is 16.9. The number of aromatic nitrogens is 2. The van der Waals surface area contributed by atoms with E-state index in [-0.39, 0.29) is 0 Å². The molecule has 2 aromatic rings. The van der Waals surface area contributed by atoms with Gasteiger partial charge in [-0.2, -0.15) is 0 Å². The van der Waals surface area contributed by atoms with E-state index in [4.69, 9.17) is 0 Å². The first-order valence-corrected chi connectivity index (χ1v) is 10.7. The predicted octanol–water partition coefficient (Wildman–Crippen LogP) is 3.46. The van der Waals surface area contributed by atoms with Crippen molar-refractivity contribution in [3.63, 3.8) is 0 Å². The molecule has 0 aliphatic carbocycles. The molecule has 0 saturated carbocycles. The van der Waals surface area contributed by atoms with E-state index < -0.39 is 0 Å². The average Bonchev–Trinajstić information content (AvgIpc) is 3.25. The van der Waals surface area contributed by atoms with Crippen LogP contribution in [0.15, 0.2) is 42.9 Å². The van der Waals surface area contributed by atoms with E-state index >= 15 is 0 Å². The Hall–Kier alpha value is -2.14. The summed E-state index contributed by atoms with van der Waals surface area (Å²) >= 11 is 0. The highest BCUT2D eigenvalue weighted by Crippen LogP contribution is 2.40. The van der Waals surface area contributed by atoms with Crippen molar-refractivity contribution in [1.82, 2.24) is 19.8 Å². The van der Waals surface area contributed by atoms with Gasteiger partial charge < -0.3 is 14.8 Å². The number of hydrogen-bond donors (Lipinski definition) is 1. The number of nitrogens with one attached hydrogen (secondary N) is 1. The molecule has 4 rings (SSSR count). The molecule has 1 atom stereocenters. The van der Waals surface area contributed by atoms with E-state index in [1.807, 2.05) is 6.20 Å². The maximum atomic E-state index is 12.4. The van der Waals surface area contributed by atoms with E-state index in [0.29, 0.717) is 23.7 Å². The number of likely N-dealkylation sites (tertiary alicyclic amines) is 2. The fourth-order valence-electron chi connectivity index (χ4n) is 4.88. The molecule has 3 heterocycles. The van der Waals surface area contributed by atoms with Crippen molar-refractivity contribution in [3.05, 3.63) is 54.1 Å². The lowest BCUT2D eigenvalue weighted by Gasteiger charge is -2.48. The number of rotatable bonds is 6. The van der Waals surface area contributed by atoms with E-state index in [1.165, 1.54) is 18.4 Å². The molecule has 150 valence electrons. The van der Waals surface area contributed by atoms with E-state index in [1.54, 1.807) is 6.33 Å². The summed E-state index contributed by atoms with van der Waals surface area (Å²) in [4.78, 5) is 24.4. The van der Waals surface area contributed by atoms with Gasteiger partial charge in [-0.05, 0) is 49.2 Å². The van der Waals surface area contributed by atoms with Crippen LogP contribution in [0.25, 0.3) is 0 Å². The highest BCUT2D eigenvalue weighted by atomic mass is 16.2. The first-order chi connectivity index (χ1) is 13.6. The fourth-order valence-corrected chi connectivity index (χ4v) is 4.88. The number of H-pyrrole nitrogens is 1. The Morgan fingerprint density at radius 3 is 2.68 bits per heavy atom. The smallest absolute Gasteiger partial charge is 0.222 e. The normalized spacial score (nSPS) is 21.2. The van der Waals surface area contributed by atoms with Crippen LogP contribution < -0.4 is 0 Å². The van der Waals surface area contributed by atoms with Crippen molar-refractivity contribution in [2.45, 2.75) is 44.9 Å². The highest BCUT2D eigenvalue weighted by Gasteiger charge is 2.40. The minimum absolute atomic E-state index is 0.324. The Kier molecular flexibility index (Phi) is 5.81. The number of amides is 1. The molecule has 0 radical (unpaired) electrons. The van der Waals surface area contributed by atoms with Gasteiger partial charge in [0.1, 0.15) is 0 Å². The Balaban J connectivity index is 1.29.